The Bertz CT molecular complexity index is 451. The van der Waals surface area contributed by atoms with Gasteiger partial charge < -0.3 is 5.32 Å². The quantitative estimate of drug-likeness (QED) is 0.783. The molecule has 0 radical (unpaired) electrons. The normalized spacial score (nSPS) is 10.4. The van der Waals surface area contributed by atoms with E-state index < -0.39 is 0 Å². The van der Waals surface area contributed by atoms with Gasteiger partial charge in [-0.05, 0) is 49.9 Å². The lowest BCUT2D eigenvalue weighted by atomic mass is 10.1. The van der Waals surface area contributed by atoms with Crippen LogP contribution in [0.15, 0.2) is 36.4 Å². The molecular weight excluding hydrogens is 206 g/mol. The molecule has 0 amide bonds. The third-order valence-electron chi connectivity index (χ3n) is 3.21. The van der Waals surface area contributed by atoms with Gasteiger partial charge in [0.25, 0.3) is 0 Å². The van der Waals surface area contributed by atoms with Gasteiger partial charge in [-0.15, -0.1) is 0 Å². The van der Waals surface area contributed by atoms with E-state index in [1.54, 1.807) is 0 Å². The lowest BCUT2D eigenvalue weighted by molar-refractivity contribution is 1.31. The average Bonchev–Trinajstić information content (AvgIpc) is 2.27. The van der Waals surface area contributed by atoms with Gasteiger partial charge in [0, 0.05) is 11.4 Å². The van der Waals surface area contributed by atoms with Crippen molar-refractivity contribution in [3.63, 3.8) is 0 Å². The highest BCUT2D eigenvalue weighted by Crippen LogP contribution is 2.28. The Balaban J connectivity index is 2.45. The number of hydrogen-bond acceptors (Lipinski definition) is 1. The first-order valence-corrected chi connectivity index (χ1v) is 5.99. The molecule has 0 spiro atoms. The highest BCUT2D eigenvalue weighted by molar-refractivity contribution is 5.70. The van der Waals surface area contributed by atoms with Crippen LogP contribution < -0.4 is 5.32 Å². The first-order valence-electron chi connectivity index (χ1n) is 5.99. The fraction of sp³-hybridized carbons (Fsp3) is 0.250. The van der Waals surface area contributed by atoms with Crippen molar-refractivity contribution in [2.75, 3.05) is 5.32 Å². The summed E-state index contributed by atoms with van der Waals surface area (Å²) in [6.45, 7) is 8.57. The summed E-state index contributed by atoms with van der Waals surface area (Å²) in [7, 11) is 0. The molecule has 0 bridgehead atoms. The first-order chi connectivity index (χ1) is 8.09. The Morgan fingerprint density at radius 2 is 0.882 bits per heavy atom. The minimum absolute atomic E-state index is 1.23. The second kappa shape index (κ2) is 4.62. The Morgan fingerprint density at radius 3 is 1.18 bits per heavy atom. The van der Waals surface area contributed by atoms with Crippen LogP contribution >= 0.6 is 0 Å². The topological polar surface area (TPSA) is 12.0 Å². The Morgan fingerprint density at radius 1 is 0.588 bits per heavy atom. The van der Waals surface area contributed by atoms with Crippen molar-refractivity contribution < 1.29 is 0 Å². The van der Waals surface area contributed by atoms with Crippen LogP contribution in [0.5, 0.6) is 0 Å². The highest BCUT2D eigenvalue weighted by atomic mass is 14.9. The zero-order valence-electron chi connectivity index (χ0n) is 11.0. The average molecular weight is 225 g/mol. The molecule has 0 fully saturated rings. The van der Waals surface area contributed by atoms with Crippen molar-refractivity contribution in [1.29, 1.82) is 0 Å². The molecule has 0 aromatic heterocycles. The zero-order chi connectivity index (χ0) is 12.4. The molecule has 17 heavy (non-hydrogen) atoms. The Kier molecular flexibility index (Phi) is 3.19. The van der Waals surface area contributed by atoms with Crippen molar-refractivity contribution in [2.45, 2.75) is 27.7 Å². The summed E-state index contributed by atoms with van der Waals surface area (Å²) in [5.41, 5.74) is 7.59. The van der Waals surface area contributed by atoms with Gasteiger partial charge in [0.05, 0.1) is 0 Å². The number of nitrogens with one attached hydrogen (secondary N) is 1. The van der Waals surface area contributed by atoms with E-state index in [0.717, 1.165) is 0 Å². The first kappa shape index (κ1) is 11.7. The fourth-order valence-corrected chi connectivity index (χ4v) is 2.15. The van der Waals surface area contributed by atoms with E-state index in [1.807, 2.05) is 0 Å². The third kappa shape index (κ3) is 2.33. The molecular formula is C16H19N. The molecule has 0 aliphatic carbocycles. The van der Waals surface area contributed by atoms with Crippen LogP contribution in [-0.4, -0.2) is 0 Å². The number of benzene rings is 2. The molecule has 0 saturated carbocycles. The molecule has 0 saturated heterocycles. The van der Waals surface area contributed by atoms with Crippen molar-refractivity contribution in [3.05, 3.63) is 58.7 Å². The van der Waals surface area contributed by atoms with E-state index in [-0.39, 0.29) is 0 Å². The summed E-state index contributed by atoms with van der Waals surface area (Å²) in [6, 6.07) is 12.8. The molecule has 2 aromatic rings. The van der Waals surface area contributed by atoms with E-state index in [0.29, 0.717) is 0 Å². The summed E-state index contributed by atoms with van der Waals surface area (Å²) in [5.74, 6) is 0. The molecule has 1 nitrogen and oxygen atoms in total. The molecule has 1 N–H and O–H groups in total. The fourth-order valence-electron chi connectivity index (χ4n) is 2.15. The predicted octanol–water partition coefficient (Wildman–Crippen LogP) is 4.66. The Hall–Kier alpha value is -1.76. The SMILES string of the molecule is Cc1cccc(C)c1Nc1c(C)cccc1C. The van der Waals surface area contributed by atoms with Crippen LogP contribution in [-0.2, 0) is 0 Å². The van der Waals surface area contributed by atoms with E-state index in [9.17, 15) is 0 Å². The van der Waals surface area contributed by atoms with Crippen molar-refractivity contribution >= 4 is 11.4 Å². The van der Waals surface area contributed by atoms with Gasteiger partial charge in [0.15, 0.2) is 0 Å². The van der Waals surface area contributed by atoms with E-state index in [4.69, 9.17) is 0 Å². The minimum atomic E-state index is 1.23. The molecule has 2 aromatic carbocycles. The molecule has 88 valence electrons. The van der Waals surface area contributed by atoms with Gasteiger partial charge >= 0.3 is 0 Å². The van der Waals surface area contributed by atoms with Gasteiger partial charge in [-0.3, -0.25) is 0 Å². The third-order valence-corrected chi connectivity index (χ3v) is 3.21. The van der Waals surface area contributed by atoms with Crippen LogP contribution in [0, 0.1) is 27.7 Å². The lowest BCUT2D eigenvalue weighted by Gasteiger charge is -2.16. The molecule has 1 heteroatoms. The summed E-state index contributed by atoms with van der Waals surface area (Å²) in [6.07, 6.45) is 0. The van der Waals surface area contributed by atoms with Crippen molar-refractivity contribution in [2.24, 2.45) is 0 Å². The maximum absolute atomic E-state index is 3.58. The van der Waals surface area contributed by atoms with Gasteiger partial charge in [-0.1, -0.05) is 36.4 Å². The second-order valence-corrected chi connectivity index (χ2v) is 4.66. The molecule has 0 unspecified atom stereocenters. The number of hydrogen-bond donors (Lipinski definition) is 1. The second-order valence-electron chi connectivity index (χ2n) is 4.66. The zero-order valence-corrected chi connectivity index (χ0v) is 11.0. The number of para-hydroxylation sites is 2. The van der Waals surface area contributed by atoms with Gasteiger partial charge in [-0.25, -0.2) is 0 Å². The van der Waals surface area contributed by atoms with Gasteiger partial charge in [-0.2, -0.15) is 0 Å². The van der Waals surface area contributed by atoms with E-state index in [1.165, 1.54) is 33.6 Å². The predicted molar refractivity (Wildman–Crippen MR) is 75.1 cm³/mol. The number of anilines is 2. The van der Waals surface area contributed by atoms with Gasteiger partial charge in [0.2, 0.25) is 0 Å². The molecule has 0 aliphatic rings. The summed E-state index contributed by atoms with van der Waals surface area (Å²) in [4.78, 5) is 0. The van der Waals surface area contributed by atoms with E-state index >= 15 is 0 Å². The number of rotatable bonds is 2. The van der Waals surface area contributed by atoms with Crippen LogP contribution in [0.2, 0.25) is 0 Å². The monoisotopic (exact) mass is 225 g/mol. The molecule has 0 heterocycles. The van der Waals surface area contributed by atoms with Crippen molar-refractivity contribution in [3.8, 4) is 0 Å². The van der Waals surface area contributed by atoms with Crippen LogP contribution in [0.1, 0.15) is 22.3 Å². The van der Waals surface area contributed by atoms with Crippen LogP contribution in [0.4, 0.5) is 11.4 Å². The van der Waals surface area contributed by atoms with Crippen LogP contribution in [0.3, 0.4) is 0 Å². The summed E-state index contributed by atoms with van der Waals surface area (Å²) < 4.78 is 0. The highest BCUT2D eigenvalue weighted by Gasteiger charge is 2.06. The lowest BCUT2D eigenvalue weighted by Crippen LogP contribution is -1.99. The largest absolute Gasteiger partial charge is 0.355 e. The summed E-state index contributed by atoms with van der Waals surface area (Å²) in [5, 5.41) is 3.58. The molecule has 0 atom stereocenters. The standard InChI is InChI=1S/C16H19N/c1-11-7-5-8-12(2)15(11)17-16-13(3)9-6-10-14(16)4/h5-10,17H,1-4H3. The maximum Gasteiger partial charge on any atom is 0.0443 e. The minimum Gasteiger partial charge on any atom is -0.355 e. The Labute approximate surface area is 103 Å². The van der Waals surface area contributed by atoms with Crippen molar-refractivity contribution in [1.82, 2.24) is 0 Å². The van der Waals surface area contributed by atoms with Crippen LogP contribution in [0.25, 0.3) is 0 Å². The molecule has 2 rings (SSSR count). The van der Waals surface area contributed by atoms with E-state index in [2.05, 4.69) is 69.4 Å². The number of aryl methyl sites for hydroxylation is 4. The maximum atomic E-state index is 3.58. The summed E-state index contributed by atoms with van der Waals surface area (Å²) >= 11 is 0. The molecule has 0 aliphatic heterocycles. The van der Waals surface area contributed by atoms with Gasteiger partial charge in [0.1, 0.15) is 0 Å². The smallest absolute Gasteiger partial charge is 0.0443 e.